The molecule has 0 N–H and O–H groups in total. The van der Waals surface area contributed by atoms with Crippen molar-refractivity contribution in [1.82, 2.24) is 9.21 Å². The van der Waals surface area contributed by atoms with Crippen LogP contribution in [-0.4, -0.2) is 42.0 Å². The zero-order chi connectivity index (χ0) is 21.5. The van der Waals surface area contributed by atoms with Crippen LogP contribution in [0.1, 0.15) is 69.4 Å². The highest BCUT2D eigenvalue weighted by molar-refractivity contribution is 7.89. The van der Waals surface area contributed by atoms with Gasteiger partial charge in [-0.3, -0.25) is 14.5 Å². The summed E-state index contributed by atoms with van der Waals surface area (Å²) >= 11 is 0. The third-order valence-corrected chi connectivity index (χ3v) is 9.25. The zero-order valence-corrected chi connectivity index (χ0v) is 18.8. The van der Waals surface area contributed by atoms with E-state index in [1.165, 1.54) is 4.90 Å². The number of aryl methyl sites for hydroxylation is 1. The van der Waals surface area contributed by atoms with Crippen LogP contribution < -0.4 is 0 Å². The molecule has 2 aliphatic heterocycles. The highest BCUT2D eigenvalue weighted by atomic mass is 32.2. The van der Waals surface area contributed by atoms with Crippen LogP contribution in [-0.2, 0) is 26.2 Å². The summed E-state index contributed by atoms with van der Waals surface area (Å²) < 4.78 is 28.6. The Morgan fingerprint density at radius 2 is 1.60 bits per heavy atom. The molecular formula is C23H32N2O4S. The van der Waals surface area contributed by atoms with Crippen molar-refractivity contribution in [2.45, 2.75) is 82.7 Å². The Hall–Kier alpha value is -1.73. The van der Waals surface area contributed by atoms with E-state index >= 15 is 0 Å². The SMILES string of the molecule is CC[C@@H]1CCCCN1S(=O)(=O)c1cc(CN2C(=O)[C@@H]3CCCC[C@H]3C2=O)ccc1C. The number of hydrogen-bond acceptors (Lipinski definition) is 4. The van der Waals surface area contributed by atoms with Gasteiger partial charge in [-0.25, -0.2) is 8.42 Å². The van der Waals surface area contributed by atoms with E-state index in [9.17, 15) is 18.0 Å². The Morgan fingerprint density at radius 1 is 0.967 bits per heavy atom. The summed E-state index contributed by atoms with van der Waals surface area (Å²) in [6.45, 7) is 4.55. The lowest BCUT2D eigenvalue weighted by molar-refractivity contribution is -0.140. The summed E-state index contributed by atoms with van der Waals surface area (Å²) in [4.78, 5) is 27.3. The number of benzene rings is 1. The standard InChI is InChI=1S/C23H32N2O4S/c1-3-18-8-6-7-13-25(18)30(28,29)21-14-17(12-11-16(21)2)15-24-22(26)19-9-4-5-10-20(19)23(24)27/h11-12,14,18-20H,3-10,13,15H2,1-2H3/t18-,19-,20-/m1/s1. The predicted molar refractivity (Wildman–Crippen MR) is 114 cm³/mol. The minimum Gasteiger partial charge on any atom is -0.278 e. The second-order valence-electron chi connectivity index (χ2n) is 9.03. The van der Waals surface area contributed by atoms with Gasteiger partial charge in [-0.2, -0.15) is 4.31 Å². The van der Waals surface area contributed by atoms with Gasteiger partial charge in [0.1, 0.15) is 0 Å². The molecule has 1 saturated carbocycles. The predicted octanol–water partition coefficient (Wildman–Crippen LogP) is 3.62. The van der Waals surface area contributed by atoms with E-state index < -0.39 is 10.0 Å². The molecule has 7 heteroatoms. The first-order valence-electron chi connectivity index (χ1n) is 11.3. The summed E-state index contributed by atoms with van der Waals surface area (Å²) in [6, 6.07) is 5.35. The quantitative estimate of drug-likeness (QED) is 0.666. The second-order valence-corrected chi connectivity index (χ2v) is 10.9. The molecule has 1 aromatic carbocycles. The van der Waals surface area contributed by atoms with Crippen molar-refractivity contribution in [2.24, 2.45) is 11.8 Å². The maximum absolute atomic E-state index is 13.5. The Balaban J connectivity index is 1.61. The molecule has 1 aliphatic carbocycles. The van der Waals surface area contributed by atoms with E-state index in [2.05, 4.69) is 0 Å². The molecule has 2 saturated heterocycles. The normalized spacial score (nSPS) is 28.1. The maximum atomic E-state index is 13.5. The van der Waals surface area contributed by atoms with Crippen LogP contribution in [0.5, 0.6) is 0 Å². The molecule has 2 amide bonds. The summed E-state index contributed by atoms with van der Waals surface area (Å²) in [5.74, 6) is -0.536. The van der Waals surface area contributed by atoms with E-state index in [4.69, 9.17) is 0 Å². The lowest BCUT2D eigenvalue weighted by Crippen LogP contribution is -2.43. The van der Waals surface area contributed by atoms with E-state index in [1.54, 1.807) is 16.4 Å². The van der Waals surface area contributed by atoms with Crippen LogP contribution in [0, 0.1) is 18.8 Å². The van der Waals surface area contributed by atoms with Gasteiger partial charge in [-0.1, -0.05) is 38.3 Å². The first-order valence-corrected chi connectivity index (χ1v) is 12.7. The summed E-state index contributed by atoms with van der Waals surface area (Å²) in [7, 11) is -3.61. The lowest BCUT2D eigenvalue weighted by Gasteiger charge is -2.34. The van der Waals surface area contributed by atoms with E-state index in [1.807, 2.05) is 19.9 Å². The van der Waals surface area contributed by atoms with Gasteiger partial charge in [0.25, 0.3) is 0 Å². The first-order chi connectivity index (χ1) is 14.3. The smallest absolute Gasteiger partial charge is 0.243 e. The van der Waals surface area contributed by atoms with Crippen LogP contribution in [0.2, 0.25) is 0 Å². The zero-order valence-electron chi connectivity index (χ0n) is 18.0. The number of fused-ring (bicyclic) bond motifs is 1. The molecule has 0 spiro atoms. The number of rotatable bonds is 5. The number of piperidine rings is 1. The minimum absolute atomic E-state index is 0.0386. The van der Waals surface area contributed by atoms with E-state index in [0.717, 1.165) is 51.4 Å². The van der Waals surface area contributed by atoms with Crippen molar-refractivity contribution < 1.29 is 18.0 Å². The monoisotopic (exact) mass is 432 g/mol. The van der Waals surface area contributed by atoms with Gasteiger partial charge < -0.3 is 0 Å². The van der Waals surface area contributed by atoms with Gasteiger partial charge >= 0.3 is 0 Å². The van der Waals surface area contributed by atoms with Crippen molar-refractivity contribution in [2.75, 3.05) is 6.54 Å². The number of carbonyl (C=O) groups excluding carboxylic acids is 2. The topological polar surface area (TPSA) is 74.8 Å². The molecule has 0 unspecified atom stereocenters. The molecule has 2 heterocycles. The summed E-state index contributed by atoms with van der Waals surface area (Å²) in [5, 5.41) is 0. The van der Waals surface area contributed by atoms with Crippen LogP contribution in [0.15, 0.2) is 23.1 Å². The Morgan fingerprint density at radius 3 is 2.23 bits per heavy atom. The maximum Gasteiger partial charge on any atom is 0.243 e. The van der Waals surface area contributed by atoms with Crippen LogP contribution >= 0.6 is 0 Å². The molecular weight excluding hydrogens is 400 g/mol. The Bertz CT molecular complexity index is 919. The number of imide groups is 1. The molecule has 164 valence electrons. The number of amides is 2. The van der Waals surface area contributed by atoms with Crippen LogP contribution in [0.4, 0.5) is 0 Å². The number of nitrogens with zero attached hydrogens (tertiary/aromatic N) is 2. The van der Waals surface area contributed by atoms with Crippen molar-refractivity contribution in [3.63, 3.8) is 0 Å². The fourth-order valence-corrected chi connectivity index (χ4v) is 7.46. The second kappa shape index (κ2) is 8.42. The molecule has 1 aromatic rings. The average Bonchev–Trinajstić information content (AvgIpc) is 3.00. The Kier molecular flexibility index (Phi) is 6.04. The van der Waals surface area contributed by atoms with Crippen molar-refractivity contribution in [1.29, 1.82) is 0 Å². The van der Waals surface area contributed by atoms with Gasteiger partial charge in [0.05, 0.1) is 23.3 Å². The van der Waals surface area contributed by atoms with E-state index in [-0.39, 0.29) is 36.2 Å². The average molecular weight is 433 g/mol. The number of sulfonamides is 1. The van der Waals surface area contributed by atoms with Gasteiger partial charge in [-0.15, -0.1) is 0 Å². The molecule has 0 radical (unpaired) electrons. The van der Waals surface area contributed by atoms with Crippen LogP contribution in [0.25, 0.3) is 0 Å². The fraction of sp³-hybridized carbons (Fsp3) is 0.652. The lowest BCUT2D eigenvalue weighted by atomic mass is 9.81. The van der Waals surface area contributed by atoms with Gasteiger partial charge in [0.2, 0.25) is 21.8 Å². The van der Waals surface area contributed by atoms with Gasteiger partial charge in [0, 0.05) is 12.6 Å². The van der Waals surface area contributed by atoms with Crippen molar-refractivity contribution in [3.05, 3.63) is 29.3 Å². The molecule has 30 heavy (non-hydrogen) atoms. The van der Waals surface area contributed by atoms with Crippen LogP contribution in [0.3, 0.4) is 0 Å². The van der Waals surface area contributed by atoms with Crippen molar-refractivity contribution in [3.8, 4) is 0 Å². The number of carbonyl (C=O) groups is 2. The largest absolute Gasteiger partial charge is 0.278 e. The van der Waals surface area contributed by atoms with Crippen molar-refractivity contribution >= 4 is 21.8 Å². The summed E-state index contributed by atoms with van der Waals surface area (Å²) in [5.41, 5.74) is 1.40. The number of likely N-dealkylation sites (tertiary alicyclic amines) is 1. The highest BCUT2D eigenvalue weighted by Crippen LogP contribution is 2.39. The fourth-order valence-electron chi connectivity index (χ4n) is 5.41. The molecule has 0 aromatic heterocycles. The first kappa shape index (κ1) is 21.5. The number of hydrogen-bond donors (Lipinski definition) is 0. The summed E-state index contributed by atoms with van der Waals surface area (Å²) in [6.07, 6.45) is 7.20. The molecule has 3 atom stereocenters. The Labute approximate surface area is 179 Å². The minimum atomic E-state index is -3.61. The highest BCUT2D eigenvalue weighted by Gasteiger charge is 2.48. The van der Waals surface area contributed by atoms with Gasteiger partial charge in [-0.05, 0) is 56.2 Å². The van der Waals surface area contributed by atoms with E-state index in [0.29, 0.717) is 22.6 Å². The molecule has 4 rings (SSSR count). The molecule has 3 aliphatic rings. The molecule has 6 nitrogen and oxygen atoms in total. The third kappa shape index (κ3) is 3.71. The molecule has 0 bridgehead atoms. The third-order valence-electron chi connectivity index (χ3n) is 7.16. The van der Waals surface area contributed by atoms with Gasteiger partial charge in [0.15, 0.2) is 0 Å². The molecule has 3 fully saturated rings.